The molecule has 7 heteroatoms. The number of benzene rings is 2. The number of carbonyl (C=O) groups excluding carboxylic acids is 3. The van der Waals surface area contributed by atoms with E-state index in [0.717, 1.165) is 5.56 Å². The van der Waals surface area contributed by atoms with Crippen molar-refractivity contribution in [1.82, 2.24) is 10.2 Å². The van der Waals surface area contributed by atoms with Crippen LogP contribution < -0.4 is 10.1 Å². The van der Waals surface area contributed by atoms with E-state index in [0.29, 0.717) is 24.8 Å². The van der Waals surface area contributed by atoms with Gasteiger partial charge in [-0.25, -0.2) is 0 Å². The van der Waals surface area contributed by atoms with Gasteiger partial charge in [-0.2, -0.15) is 0 Å². The summed E-state index contributed by atoms with van der Waals surface area (Å²) in [6, 6.07) is 16.0. The molecule has 2 amide bonds. The van der Waals surface area contributed by atoms with Crippen LogP contribution in [-0.4, -0.2) is 47.9 Å². The van der Waals surface area contributed by atoms with E-state index in [1.165, 1.54) is 10.5 Å². The minimum atomic E-state index is -0.922. The zero-order valence-electron chi connectivity index (χ0n) is 18.7. The number of nitrogens with one attached hydrogen (secondary N) is 1. The molecule has 0 bridgehead atoms. The smallest absolute Gasteiger partial charge is 0.308 e. The van der Waals surface area contributed by atoms with Gasteiger partial charge in [0.1, 0.15) is 18.4 Å². The summed E-state index contributed by atoms with van der Waals surface area (Å²) in [5, 5.41) is 2.72. The second-order valence-electron chi connectivity index (χ2n) is 8.17. The van der Waals surface area contributed by atoms with Gasteiger partial charge in [0, 0.05) is 13.1 Å². The van der Waals surface area contributed by atoms with Gasteiger partial charge in [-0.05, 0) is 36.1 Å². The summed E-state index contributed by atoms with van der Waals surface area (Å²) in [4.78, 5) is 39.3. The highest BCUT2D eigenvalue weighted by molar-refractivity contribution is 5.93. The Kier molecular flexibility index (Phi) is 7.87. The molecule has 2 atom stereocenters. The zero-order valence-corrected chi connectivity index (χ0v) is 18.7. The maximum absolute atomic E-state index is 13.1. The average molecular weight is 439 g/mol. The van der Waals surface area contributed by atoms with Crippen molar-refractivity contribution in [3.63, 3.8) is 0 Å². The van der Waals surface area contributed by atoms with Crippen molar-refractivity contribution in [1.29, 1.82) is 0 Å². The fourth-order valence-corrected chi connectivity index (χ4v) is 3.56. The fourth-order valence-electron chi connectivity index (χ4n) is 3.56. The second kappa shape index (κ2) is 10.8. The van der Waals surface area contributed by atoms with Crippen molar-refractivity contribution in [3.05, 3.63) is 65.7 Å². The third-order valence-corrected chi connectivity index (χ3v) is 5.42. The van der Waals surface area contributed by atoms with Gasteiger partial charge >= 0.3 is 5.97 Å². The number of carbonyl (C=O) groups is 3. The molecule has 170 valence electrons. The van der Waals surface area contributed by atoms with E-state index >= 15 is 0 Å². The second-order valence-corrected chi connectivity index (χ2v) is 8.17. The molecule has 0 saturated carbocycles. The van der Waals surface area contributed by atoms with Gasteiger partial charge in [0.2, 0.25) is 5.91 Å². The van der Waals surface area contributed by atoms with Crippen LogP contribution in [0.2, 0.25) is 0 Å². The minimum absolute atomic E-state index is 0.119. The molecule has 1 aliphatic heterocycles. The van der Waals surface area contributed by atoms with Crippen molar-refractivity contribution in [3.8, 4) is 5.75 Å². The third kappa shape index (κ3) is 6.09. The van der Waals surface area contributed by atoms with E-state index in [4.69, 9.17) is 9.47 Å². The van der Waals surface area contributed by atoms with Gasteiger partial charge in [-0.15, -0.1) is 0 Å². The van der Waals surface area contributed by atoms with Crippen molar-refractivity contribution in [2.45, 2.75) is 51.9 Å². The minimum Gasteiger partial charge on any atom is -0.481 e. The van der Waals surface area contributed by atoms with Crippen LogP contribution in [0.1, 0.15) is 44.2 Å². The summed E-state index contributed by atoms with van der Waals surface area (Å²) in [6.45, 7) is 6.61. The Morgan fingerprint density at radius 2 is 1.75 bits per heavy atom. The number of hydrogen-bond acceptors (Lipinski definition) is 5. The molecule has 2 aromatic carbocycles. The van der Waals surface area contributed by atoms with Crippen LogP contribution in [0.4, 0.5) is 0 Å². The number of amides is 2. The van der Waals surface area contributed by atoms with Crippen LogP contribution >= 0.6 is 0 Å². The number of ether oxygens (including phenoxy) is 2. The van der Waals surface area contributed by atoms with Gasteiger partial charge in [-0.3, -0.25) is 14.4 Å². The Morgan fingerprint density at radius 3 is 2.41 bits per heavy atom. The SMILES string of the molecule is CC(Oc1ccc(C(C)C)cc1)C(=O)N1CCNC(=O)C1CC(=O)OCc1ccccc1. The first-order valence-corrected chi connectivity index (χ1v) is 10.9. The Morgan fingerprint density at radius 1 is 1.06 bits per heavy atom. The summed E-state index contributed by atoms with van der Waals surface area (Å²) in [6.07, 6.45) is -1.01. The summed E-state index contributed by atoms with van der Waals surface area (Å²) in [5.74, 6) is -0.261. The van der Waals surface area contributed by atoms with Gasteiger partial charge in [0.25, 0.3) is 5.91 Å². The van der Waals surface area contributed by atoms with Crippen molar-refractivity contribution >= 4 is 17.8 Å². The monoisotopic (exact) mass is 438 g/mol. The normalized spacial score (nSPS) is 16.9. The van der Waals surface area contributed by atoms with E-state index < -0.39 is 18.1 Å². The lowest BCUT2D eigenvalue weighted by molar-refractivity contribution is -0.154. The Hall–Kier alpha value is -3.35. The molecular formula is C25H30N2O5. The van der Waals surface area contributed by atoms with E-state index in [1.54, 1.807) is 6.92 Å². The van der Waals surface area contributed by atoms with Crippen molar-refractivity contribution < 1.29 is 23.9 Å². The maximum Gasteiger partial charge on any atom is 0.308 e. The Bertz CT molecular complexity index is 927. The van der Waals surface area contributed by atoms with Crippen molar-refractivity contribution in [2.75, 3.05) is 13.1 Å². The van der Waals surface area contributed by atoms with Crippen LogP contribution in [-0.2, 0) is 25.7 Å². The van der Waals surface area contributed by atoms with E-state index in [9.17, 15) is 14.4 Å². The lowest BCUT2D eigenvalue weighted by Gasteiger charge is -2.36. The molecule has 0 aliphatic carbocycles. The average Bonchev–Trinajstić information content (AvgIpc) is 2.79. The molecule has 0 spiro atoms. The fraction of sp³-hybridized carbons (Fsp3) is 0.400. The van der Waals surface area contributed by atoms with Gasteiger partial charge in [-0.1, -0.05) is 56.3 Å². The predicted molar refractivity (Wildman–Crippen MR) is 120 cm³/mol. The quantitative estimate of drug-likeness (QED) is 0.641. The van der Waals surface area contributed by atoms with Crippen LogP contribution in [0.5, 0.6) is 5.75 Å². The number of piperazine rings is 1. The van der Waals surface area contributed by atoms with Crippen molar-refractivity contribution in [2.24, 2.45) is 0 Å². The molecule has 1 saturated heterocycles. The molecule has 3 rings (SSSR count). The highest BCUT2D eigenvalue weighted by atomic mass is 16.5. The first-order valence-electron chi connectivity index (χ1n) is 10.9. The molecule has 1 aliphatic rings. The summed E-state index contributed by atoms with van der Waals surface area (Å²) < 4.78 is 11.1. The summed E-state index contributed by atoms with van der Waals surface area (Å²) in [7, 11) is 0. The van der Waals surface area contributed by atoms with Gasteiger partial charge < -0.3 is 19.7 Å². The molecular weight excluding hydrogens is 408 g/mol. The van der Waals surface area contributed by atoms with Crippen LogP contribution in [0.3, 0.4) is 0 Å². The summed E-state index contributed by atoms with van der Waals surface area (Å²) >= 11 is 0. The summed E-state index contributed by atoms with van der Waals surface area (Å²) in [5.41, 5.74) is 2.03. The molecule has 7 nitrogen and oxygen atoms in total. The number of esters is 1. The molecule has 0 radical (unpaired) electrons. The maximum atomic E-state index is 13.1. The molecule has 0 aromatic heterocycles. The molecule has 2 unspecified atom stereocenters. The van der Waals surface area contributed by atoms with Gasteiger partial charge in [0.05, 0.1) is 6.42 Å². The van der Waals surface area contributed by atoms with E-state index in [-0.39, 0.29) is 24.8 Å². The first-order chi connectivity index (χ1) is 15.3. The lowest BCUT2D eigenvalue weighted by atomic mass is 10.0. The predicted octanol–water partition coefficient (Wildman–Crippen LogP) is 3.04. The molecule has 1 heterocycles. The Balaban J connectivity index is 1.61. The van der Waals surface area contributed by atoms with E-state index in [2.05, 4.69) is 19.2 Å². The first kappa shape index (κ1) is 23.3. The highest BCUT2D eigenvalue weighted by Gasteiger charge is 2.37. The molecule has 2 aromatic rings. The lowest BCUT2D eigenvalue weighted by Crippen LogP contribution is -2.60. The van der Waals surface area contributed by atoms with Crippen LogP contribution in [0.15, 0.2) is 54.6 Å². The third-order valence-electron chi connectivity index (χ3n) is 5.42. The van der Waals surface area contributed by atoms with Crippen LogP contribution in [0, 0.1) is 0 Å². The molecule has 32 heavy (non-hydrogen) atoms. The molecule has 1 fully saturated rings. The van der Waals surface area contributed by atoms with Gasteiger partial charge in [0.15, 0.2) is 6.10 Å². The number of hydrogen-bond donors (Lipinski definition) is 1. The highest BCUT2D eigenvalue weighted by Crippen LogP contribution is 2.21. The number of rotatable bonds is 8. The Labute approximate surface area is 188 Å². The number of nitrogens with zero attached hydrogens (tertiary/aromatic N) is 1. The largest absolute Gasteiger partial charge is 0.481 e. The van der Waals surface area contributed by atoms with Crippen LogP contribution in [0.25, 0.3) is 0 Å². The molecule has 1 N–H and O–H groups in total. The van der Waals surface area contributed by atoms with E-state index in [1.807, 2.05) is 54.6 Å². The topological polar surface area (TPSA) is 84.9 Å². The zero-order chi connectivity index (χ0) is 23.1. The standard InChI is InChI=1S/C25H30N2O5/c1-17(2)20-9-11-21(12-10-20)32-18(3)25(30)27-14-13-26-24(29)22(27)15-23(28)31-16-19-7-5-4-6-8-19/h4-12,17-18,22H,13-16H2,1-3H3,(H,26,29).